The number of fused-ring (bicyclic) bond motifs is 21. The van der Waals surface area contributed by atoms with E-state index < -0.39 is 5.41 Å². The normalized spacial score (nSPS) is 14.6. The summed E-state index contributed by atoms with van der Waals surface area (Å²) in [4.78, 5) is 2.48. The van der Waals surface area contributed by atoms with E-state index in [0.29, 0.717) is 0 Å². The van der Waals surface area contributed by atoms with Gasteiger partial charge < -0.3 is 13.9 Å². The monoisotopic (exact) mass is 888 g/mol. The van der Waals surface area contributed by atoms with Gasteiger partial charge in [0.15, 0.2) is 0 Å². The highest BCUT2D eigenvalue weighted by atomic mass is 16.3. The molecule has 1 aliphatic carbocycles. The molecule has 324 valence electrons. The van der Waals surface area contributed by atoms with Crippen LogP contribution in [0.1, 0.15) is 22.3 Å². The second-order valence-electron chi connectivity index (χ2n) is 19.1. The summed E-state index contributed by atoms with van der Waals surface area (Å²) in [5, 5.41) is 12.4. The topological polar surface area (TPSA) is 21.3 Å². The highest BCUT2D eigenvalue weighted by Crippen LogP contribution is 2.62. The Balaban J connectivity index is 0.953. The number of benzene rings is 12. The van der Waals surface area contributed by atoms with Crippen molar-refractivity contribution in [2.75, 3.05) is 4.90 Å². The largest absolute Gasteiger partial charge is 0.456 e. The molecule has 0 saturated carbocycles. The number of rotatable bonds is 4. The van der Waals surface area contributed by atoms with Gasteiger partial charge >= 0.3 is 0 Å². The Labute approximate surface area is 403 Å². The summed E-state index contributed by atoms with van der Waals surface area (Å²) >= 11 is 0. The minimum atomic E-state index is -0.577. The molecule has 2 aromatic heterocycles. The van der Waals surface area contributed by atoms with Gasteiger partial charge in [-0.1, -0.05) is 176 Å². The number of hydrogen-bond acceptors (Lipinski definition) is 2. The minimum Gasteiger partial charge on any atom is -0.456 e. The lowest BCUT2D eigenvalue weighted by Gasteiger charge is -2.40. The van der Waals surface area contributed by atoms with Gasteiger partial charge in [-0.25, -0.2) is 0 Å². The van der Waals surface area contributed by atoms with Crippen LogP contribution in [0.2, 0.25) is 0 Å². The van der Waals surface area contributed by atoms with Gasteiger partial charge in [-0.05, 0) is 144 Å². The molecule has 16 rings (SSSR count). The second-order valence-corrected chi connectivity index (χ2v) is 19.1. The van der Waals surface area contributed by atoms with Crippen molar-refractivity contribution in [1.82, 2.24) is 4.57 Å². The van der Waals surface area contributed by atoms with Crippen molar-refractivity contribution in [2.24, 2.45) is 0 Å². The summed E-state index contributed by atoms with van der Waals surface area (Å²) in [6.07, 6.45) is 0. The van der Waals surface area contributed by atoms with Gasteiger partial charge in [0.1, 0.15) is 11.2 Å². The number of hydrogen-bond donors (Lipinski definition) is 0. The Morgan fingerprint density at radius 3 is 1.69 bits per heavy atom. The maximum absolute atomic E-state index is 6.23. The molecule has 0 saturated heterocycles. The molecule has 3 heteroatoms. The molecule has 1 atom stereocenters. The second kappa shape index (κ2) is 13.9. The lowest BCUT2D eigenvalue weighted by atomic mass is 9.65. The van der Waals surface area contributed by atoms with Gasteiger partial charge in [0.2, 0.25) is 0 Å². The molecule has 0 radical (unpaired) electrons. The van der Waals surface area contributed by atoms with E-state index in [2.05, 4.69) is 240 Å². The molecular formula is C67H40N2O. The van der Waals surface area contributed by atoms with E-state index >= 15 is 0 Å². The van der Waals surface area contributed by atoms with Crippen molar-refractivity contribution in [2.45, 2.75) is 5.41 Å². The van der Waals surface area contributed by atoms with Crippen molar-refractivity contribution in [3.05, 3.63) is 265 Å². The van der Waals surface area contributed by atoms with Crippen LogP contribution in [-0.4, -0.2) is 4.57 Å². The number of para-hydroxylation sites is 4. The number of aromatic nitrogens is 1. The van der Waals surface area contributed by atoms with E-state index in [-0.39, 0.29) is 0 Å². The van der Waals surface area contributed by atoms with Gasteiger partial charge in [-0.3, -0.25) is 0 Å². The van der Waals surface area contributed by atoms with Crippen LogP contribution in [0.3, 0.4) is 0 Å². The zero-order valence-electron chi connectivity index (χ0n) is 37.9. The van der Waals surface area contributed by atoms with E-state index in [4.69, 9.17) is 4.42 Å². The van der Waals surface area contributed by atoms with Gasteiger partial charge in [0.25, 0.3) is 0 Å². The van der Waals surface area contributed by atoms with Crippen molar-refractivity contribution in [3.8, 4) is 27.9 Å². The summed E-state index contributed by atoms with van der Waals surface area (Å²) in [6.45, 7) is 0. The molecule has 0 bridgehead atoms. The Hall–Kier alpha value is -9.18. The molecule has 3 heterocycles. The molecular weight excluding hydrogens is 849 g/mol. The van der Waals surface area contributed by atoms with E-state index in [1.807, 2.05) is 12.1 Å². The lowest BCUT2D eigenvalue weighted by molar-refractivity contribution is 0.669. The van der Waals surface area contributed by atoms with Crippen LogP contribution in [0, 0.1) is 0 Å². The predicted molar refractivity (Wildman–Crippen MR) is 292 cm³/mol. The fraction of sp³-hybridized carbons (Fsp3) is 0.0149. The quantitative estimate of drug-likeness (QED) is 0.164. The molecule has 1 aliphatic heterocycles. The van der Waals surface area contributed by atoms with Gasteiger partial charge in [0, 0.05) is 38.6 Å². The SMILES string of the molecule is c1ccc2c(c1)-c1ccc(N(c3ccc(-c4ccc5oc6ccccc6c5c4)cc3)c3ccc4c5ccccc5c5ccccc5c4c3)cc1C21c2ccccc2-n2c3ccccc3c3cccc1c32. The first kappa shape index (κ1) is 37.9. The molecule has 2 aliphatic rings. The molecule has 3 nitrogen and oxygen atoms in total. The van der Waals surface area contributed by atoms with Crippen molar-refractivity contribution in [1.29, 1.82) is 0 Å². The van der Waals surface area contributed by atoms with Crippen molar-refractivity contribution in [3.63, 3.8) is 0 Å². The molecule has 1 unspecified atom stereocenters. The maximum atomic E-state index is 6.23. The Morgan fingerprint density at radius 2 is 0.871 bits per heavy atom. The molecule has 70 heavy (non-hydrogen) atoms. The molecule has 1 spiro atoms. The molecule has 0 N–H and O–H groups in total. The number of nitrogens with zero attached hydrogens (tertiary/aromatic N) is 2. The smallest absolute Gasteiger partial charge is 0.135 e. The highest BCUT2D eigenvalue weighted by molar-refractivity contribution is 6.26. The Morgan fingerprint density at radius 1 is 0.314 bits per heavy atom. The summed E-state index contributed by atoms with van der Waals surface area (Å²) in [6, 6.07) is 90.2. The van der Waals surface area contributed by atoms with Gasteiger partial charge in [-0.2, -0.15) is 0 Å². The van der Waals surface area contributed by atoms with Crippen molar-refractivity contribution >= 4 is 93.1 Å². The molecule has 12 aromatic carbocycles. The average Bonchev–Trinajstić information content (AvgIpc) is 4.07. The van der Waals surface area contributed by atoms with Crippen LogP contribution in [0.5, 0.6) is 0 Å². The first-order valence-electron chi connectivity index (χ1n) is 24.2. The van der Waals surface area contributed by atoms with E-state index in [0.717, 1.165) is 50.1 Å². The van der Waals surface area contributed by atoms with Crippen molar-refractivity contribution < 1.29 is 4.42 Å². The number of anilines is 3. The van der Waals surface area contributed by atoms with Crippen LogP contribution in [0.25, 0.3) is 104 Å². The lowest BCUT2D eigenvalue weighted by Crippen LogP contribution is -2.33. The number of furan rings is 1. The third-order valence-electron chi connectivity index (χ3n) is 15.8. The first-order chi connectivity index (χ1) is 34.7. The molecule has 14 aromatic rings. The van der Waals surface area contributed by atoms with Crippen LogP contribution in [0.15, 0.2) is 247 Å². The van der Waals surface area contributed by atoms with Crippen LogP contribution >= 0.6 is 0 Å². The van der Waals surface area contributed by atoms with Crippen LogP contribution < -0.4 is 4.90 Å². The standard InChI is InChI=1S/C67H40N2O/c1-2-16-48-46(14-1)47-15-3-4-17-49(47)56-39-44(33-35-50(48)56)68(43-31-28-41(29-32-43)42-30-37-65-57(38-42)54-20-7-12-27-64(54)70-65)45-34-36-52-51-18-5-8-22-58(51)67(61(52)40-45)59-23-9-11-26-63(59)69-62-25-10-6-19-53(62)55-21-13-24-60(67)66(55)69/h1-40H. The molecule has 0 fully saturated rings. The zero-order chi connectivity index (χ0) is 45.7. The fourth-order valence-corrected chi connectivity index (χ4v) is 12.9. The summed E-state index contributed by atoms with van der Waals surface area (Å²) in [7, 11) is 0. The highest BCUT2D eigenvalue weighted by Gasteiger charge is 2.51. The Bertz CT molecular complexity index is 4520. The third kappa shape index (κ3) is 4.92. The zero-order valence-corrected chi connectivity index (χ0v) is 37.9. The first-order valence-corrected chi connectivity index (χ1v) is 24.2. The van der Waals surface area contributed by atoms with Gasteiger partial charge in [0.05, 0.1) is 22.1 Å². The van der Waals surface area contributed by atoms with E-state index in [9.17, 15) is 0 Å². The molecule has 0 amide bonds. The summed E-state index contributed by atoms with van der Waals surface area (Å²) in [5.74, 6) is 0. The Kier molecular flexibility index (Phi) is 7.54. The summed E-state index contributed by atoms with van der Waals surface area (Å²) in [5.41, 5.74) is 18.3. The third-order valence-corrected chi connectivity index (χ3v) is 15.8. The van der Waals surface area contributed by atoms with E-state index in [1.165, 1.54) is 93.2 Å². The minimum absolute atomic E-state index is 0.577. The van der Waals surface area contributed by atoms with Crippen LogP contribution in [-0.2, 0) is 5.41 Å². The maximum Gasteiger partial charge on any atom is 0.135 e. The van der Waals surface area contributed by atoms with E-state index in [1.54, 1.807) is 0 Å². The van der Waals surface area contributed by atoms with Gasteiger partial charge in [-0.15, -0.1) is 0 Å². The summed E-state index contributed by atoms with van der Waals surface area (Å²) < 4.78 is 8.75. The average molecular weight is 889 g/mol. The fourth-order valence-electron chi connectivity index (χ4n) is 12.9. The predicted octanol–water partition coefficient (Wildman–Crippen LogP) is 18.0. The van der Waals surface area contributed by atoms with Crippen LogP contribution in [0.4, 0.5) is 17.1 Å².